The lowest BCUT2D eigenvalue weighted by molar-refractivity contribution is 0.0817. The summed E-state index contributed by atoms with van der Waals surface area (Å²) in [5.41, 5.74) is 1.87. The predicted octanol–water partition coefficient (Wildman–Crippen LogP) is 3.00. The summed E-state index contributed by atoms with van der Waals surface area (Å²) in [6.45, 7) is 5.75. The van der Waals surface area contributed by atoms with Crippen molar-refractivity contribution in [3.05, 3.63) is 47.7 Å². The minimum absolute atomic E-state index is 0.0700. The van der Waals surface area contributed by atoms with Gasteiger partial charge in [0.15, 0.2) is 0 Å². The van der Waals surface area contributed by atoms with E-state index >= 15 is 0 Å². The molecule has 0 heterocycles. The lowest BCUT2D eigenvalue weighted by Gasteiger charge is -2.20. The molecule has 0 fully saturated rings. The molecule has 0 atom stereocenters. The van der Waals surface area contributed by atoms with Crippen molar-refractivity contribution >= 4 is 5.91 Å². The molecule has 1 amide bonds. The fourth-order valence-corrected chi connectivity index (χ4v) is 1.84. The Morgan fingerprint density at radius 1 is 1.11 bits per heavy atom. The number of benzene rings is 1. The van der Waals surface area contributed by atoms with E-state index < -0.39 is 0 Å². The molecule has 104 valence electrons. The van der Waals surface area contributed by atoms with E-state index in [1.54, 1.807) is 0 Å². The first kappa shape index (κ1) is 15.4. The summed E-state index contributed by atoms with van der Waals surface area (Å²) in [4.78, 5) is 16.4. The highest BCUT2D eigenvalue weighted by molar-refractivity contribution is 5.94. The summed E-state index contributed by atoms with van der Waals surface area (Å²) in [7, 11) is 4.09. The predicted molar refractivity (Wildman–Crippen MR) is 80.1 cm³/mol. The molecule has 0 bridgehead atoms. The Morgan fingerprint density at radius 3 is 2.26 bits per heavy atom. The normalized spacial score (nSPS) is 10.4. The smallest absolute Gasteiger partial charge is 0.257 e. The number of allylic oxidation sites excluding steroid dienone is 1. The number of rotatable bonds is 6. The van der Waals surface area contributed by atoms with Crippen LogP contribution in [0.25, 0.3) is 0 Å². The van der Waals surface area contributed by atoms with Crippen molar-refractivity contribution in [1.29, 1.82) is 0 Å². The van der Waals surface area contributed by atoms with Gasteiger partial charge in [0.1, 0.15) is 0 Å². The SMILES string of the molecule is CC(C)=CN(CCCN(C)C)C(=O)c1ccccc1. The van der Waals surface area contributed by atoms with Crippen molar-refractivity contribution in [2.45, 2.75) is 20.3 Å². The minimum Gasteiger partial charge on any atom is -0.315 e. The molecule has 3 nitrogen and oxygen atoms in total. The van der Waals surface area contributed by atoms with Crippen LogP contribution in [-0.4, -0.2) is 42.9 Å². The number of hydrogen-bond donors (Lipinski definition) is 0. The van der Waals surface area contributed by atoms with Gasteiger partial charge in [-0.15, -0.1) is 0 Å². The van der Waals surface area contributed by atoms with Crippen molar-refractivity contribution < 1.29 is 4.79 Å². The van der Waals surface area contributed by atoms with Crippen LogP contribution in [0.5, 0.6) is 0 Å². The van der Waals surface area contributed by atoms with E-state index in [-0.39, 0.29) is 5.91 Å². The van der Waals surface area contributed by atoms with Gasteiger partial charge in [-0.05, 0) is 53.0 Å². The third-order valence-corrected chi connectivity index (χ3v) is 2.70. The van der Waals surface area contributed by atoms with Gasteiger partial charge in [-0.1, -0.05) is 23.8 Å². The van der Waals surface area contributed by atoms with Gasteiger partial charge in [-0.25, -0.2) is 0 Å². The third-order valence-electron chi connectivity index (χ3n) is 2.70. The molecule has 0 spiro atoms. The molecule has 0 aliphatic carbocycles. The fraction of sp³-hybridized carbons (Fsp3) is 0.438. The van der Waals surface area contributed by atoms with E-state index in [1.165, 1.54) is 0 Å². The Balaban J connectivity index is 2.74. The van der Waals surface area contributed by atoms with Crippen molar-refractivity contribution in [3.63, 3.8) is 0 Å². The van der Waals surface area contributed by atoms with Crippen LogP contribution in [0.3, 0.4) is 0 Å². The van der Waals surface area contributed by atoms with Crippen molar-refractivity contribution in [1.82, 2.24) is 9.80 Å². The third kappa shape index (κ3) is 5.71. The second kappa shape index (κ2) is 7.74. The first-order valence-electron chi connectivity index (χ1n) is 6.66. The molecule has 0 saturated heterocycles. The van der Waals surface area contributed by atoms with Crippen LogP contribution >= 0.6 is 0 Å². The van der Waals surface area contributed by atoms with E-state index in [0.29, 0.717) is 0 Å². The zero-order valence-electron chi connectivity index (χ0n) is 12.4. The van der Waals surface area contributed by atoms with Gasteiger partial charge in [-0.3, -0.25) is 4.79 Å². The number of hydrogen-bond acceptors (Lipinski definition) is 2. The second-order valence-corrected chi connectivity index (χ2v) is 5.23. The fourth-order valence-electron chi connectivity index (χ4n) is 1.84. The average Bonchev–Trinajstić information content (AvgIpc) is 2.37. The van der Waals surface area contributed by atoms with Gasteiger partial charge in [0.25, 0.3) is 5.91 Å². The highest BCUT2D eigenvalue weighted by Crippen LogP contribution is 2.08. The summed E-state index contributed by atoms with van der Waals surface area (Å²) in [6.07, 6.45) is 2.90. The molecule has 0 aliphatic rings. The van der Waals surface area contributed by atoms with Gasteiger partial charge < -0.3 is 9.80 Å². The Hall–Kier alpha value is -1.61. The molecule has 0 unspecified atom stereocenters. The summed E-state index contributed by atoms with van der Waals surface area (Å²) in [6, 6.07) is 9.44. The molecule has 1 rings (SSSR count). The highest BCUT2D eigenvalue weighted by atomic mass is 16.2. The van der Waals surface area contributed by atoms with Gasteiger partial charge in [-0.2, -0.15) is 0 Å². The number of carbonyl (C=O) groups excluding carboxylic acids is 1. The summed E-state index contributed by atoms with van der Waals surface area (Å²) >= 11 is 0. The zero-order valence-corrected chi connectivity index (χ0v) is 12.4. The van der Waals surface area contributed by atoms with Crippen LogP contribution in [0.2, 0.25) is 0 Å². The molecular weight excluding hydrogens is 236 g/mol. The first-order valence-corrected chi connectivity index (χ1v) is 6.66. The van der Waals surface area contributed by atoms with Crippen LogP contribution in [0, 0.1) is 0 Å². The maximum Gasteiger partial charge on any atom is 0.257 e. The second-order valence-electron chi connectivity index (χ2n) is 5.23. The molecule has 0 radical (unpaired) electrons. The molecule has 0 saturated carbocycles. The van der Waals surface area contributed by atoms with Crippen LogP contribution < -0.4 is 0 Å². The molecular formula is C16H24N2O. The molecule has 0 aromatic heterocycles. The van der Waals surface area contributed by atoms with Crippen molar-refractivity contribution in [2.24, 2.45) is 0 Å². The zero-order chi connectivity index (χ0) is 14.3. The maximum absolute atomic E-state index is 12.4. The summed E-state index contributed by atoms with van der Waals surface area (Å²) < 4.78 is 0. The van der Waals surface area contributed by atoms with E-state index in [9.17, 15) is 4.79 Å². The number of amides is 1. The van der Waals surface area contributed by atoms with Gasteiger partial charge in [0.05, 0.1) is 0 Å². The Morgan fingerprint density at radius 2 is 1.74 bits per heavy atom. The van der Waals surface area contributed by atoms with Crippen LogP contribution in [0.1, 0.15) is 30.6 Å². The van der Waals surface area contributed by atoms with Gasteiger partial charge in [0.2, 0.25) is 0 Å². The van der Waals surface area contributed by atoms with Crippen molar-refractivity contribution in [2.75, 3.05) is 27.2 Å². The molecule has 1 aromatic carbocycles. The monoisotopic (exact) mass is 260 g/mol. The van der Waals surface area contributed by atoms with E-state index in [1.807, 2.05) is 69.4 Å². The highest BCUT2D eigenvalue weighted by Gasteiger charge is 2.13. The lowest BCUT2D eigenvalue weighted by atomic mass is 10.2. The van der Waals surface area contributed by atoms with E-state index in [2.05, 4.69) is 4.90 Å². The van der Waals surface area contributed by atoms with Gasteiger partial charge in [0, 0.05) is 18.3 Å². The van der Waals surface area contributed by atoms with E-state index in [4.69, 9.17) is 0 Å². The van der Waals surface area contributed by atoms with Crippen LogP contribution in [-0.2, 0) is 0 Å². The Labute approximate surface area is 116 Å². The summed E-state index contributed by atoms with van der Waals surface area (Å²) in [5, 5.41) is 0. The van der Waals surface area contributed by atoms with Crippen LogP contribution in [0.4, 0.5) is 0 Å². The number of nitrogens with zero attached hydrogens (tertiary/aromatic N) is 2. The topological polar surface area (TPSA) is 23.6 Å². The van der Waals surface area contributed by atoms with Crippen molar-refractivity contribution in [3.8, 4) is 0 Å². The molecule has 1 aromatic rings. The number of carbonyl (C=O) groups is 1. The minimum atomic E-state index is 0.0700. The Bertz CT molecular complexity index is 420. The lowest BCUT2D eigenvalue weighted by Crippen LogP contribution is -2.29. The molecule has 3 heteroatoms. The quantitative estimate of drug-likeness (QED) is 0.785. The average molecular weight is 260 g/mol. The van der Waals surface area contributed by atoms with Gasteiger partial charge >= 0.3 is 0 Å². The standard InChI is InChI=1S/C16H24N2O/c1-14(2)13-18(12-8-11-17(3)4)16(19)15-9-6-5-7-10-15/h5-7,9-10,13H,8,11-12H2,1-4H3. The molecule has 19 heavy (non-hydrogen) atoms. The largest absolute Gasteiger partial charge is 0.315 e. The maximum atomic E-state index is 12.4. The molecule has 0 aliphatic heterocycles. The van der Waals surface area contributed by atoms with Crippen LogP contribution in [0.15, 0.2) is 42.1 Å². The summed E-state index contributed by atoms with van der Waals surface area (Å²) in [5.74, 6) is 0.0700. The Kier molecular flexibility index (Phi) is 6.30. The molecule has 0 N–H and O–H groups in total. The van der Waals surface area contributed by atoms with E-state index in [0.717, 1.165) is 30.6 Å². The first-order chi connectivity index (χ1) is 9.00.